The quantitative estimate of drug-likeness (QED) is 0.364. The van der Waals surface area contributed by atoms with Gasteiger partial charge in [0.05, 0.1) is 18.6 Å². The zero-order valence-corrected chi connectivity index (χ0v) is 11.9. The molecule has 0 unspecified atom stereocenters. The smallest absolute Gasteiger partial charge is 0.330 e. The highest BCUT2D eigenvalue weighted by Crippen LogP contribution is 2.31. The van der Waals surface area contributed by atoms with E-state index in [9.17, 15) is 9.90 Å². The summed E-state index contributed by atoms with van der Waals surface area (Å²) in [4.78, 5) is 11.8. The van der Waals surface area contributed by atoms with Gasteiger partial charge in [0, 0.05) is 11.6 Å². The van der Waals surface area contributed by atoms with Crippen LogP contribution in [0.25, 0.3) is 6.08 Å². The third-order valence-corrected chi connectivity index (χ3v) is 2.81. The maximum absolute atomic E-state index is 11.4. The third kappa shape index (κ3) is 4.87. The molecule has 4 nitrogen and oxygen atoms in total. The maximum atomic E-state index is 11.4. The molecular formula is C14H18O4S. The molecule has 1 aromatic rings. The Morgan fingerprint density at radius 1 is 1.47 bits per heavy atom. The number of phenolic OH excluding ortho intramolecular Hbond substituents is 1. The monoisotopic (exact) mass is 282 g/mol. The second kappa shape index (κ2) is 7.74. The maximum Gasteiger partial charge on any atom is 0.330 e. The first-order chi connectivity index (χ1) is 9.08. The summed E-state index contributed by atoms with van der Waals surface area (Å²) >= 11 is 4.12. The summed E-state index contributed by atoms with van der Waals surface area (Å²) in [6.07, 6.45) is 4.56. The summed E-state index contributed by atoms with van der Waals surface area (Å²) in [5.74, 6) is 0.125. The number of hydrogen-bond acceptors (Lipinski definition) is 5. The Hall–Kier alpha value is -1.62. The number of thiol groups is 1. The first-order valence-corrected chi connectivity index (χ1v) is 6.48. The number of phenols is 1. The molecule has 0 saturated carbocycles. The van der Waals surface area contributed by atoms with Gasteiger partial charge in [-0.2, -0.15) is 0 Å². The van der Waals surface area contributed by atoms with Crippen LogP contribution in [0.3, 0.4) is 0 Å². The first-order valence-electron chi connectivity index (χ1n) is 6.03. The summed E-state index contributed by atoms with van der Waals surface area (Å²) in [7, 11) is 1.52. The highest BCUT2D eigenvalue weighted by atomic mass is 32.1. The molecule has 1 aromatic carbocycles. The summed E-state index contributed by atoms with van der Waals surface area (Å²) in [5, 5.41) is 9.81. The number of unbranched alkanes of at least 4 members (excludes halogenated alkanes) is 1. The third-order valence-electron chi connectivity index (χ3n) is 2.47. The van der Waals surface area contributed by atoms with Crippen LogP contribution >= 0.6 is 12.6 Å². The number of aromatic hydroxyl groups is 1. The van der Waals surface area contributed by atoms with Gasteiger partial charge < -0.3 is 14.6 Å². The van der Waals surface area contributed by atoms with Crippen LogP contribution < -0.4 is 4.74 Å². The number of ether oxygens (including phenoxy) is 2. The van der Waals surface area contributed by atoms with E-state index in [0.29, 0.717) is 22.8 Å². The lowest BCUT2D eigenvalue weighted by Crippen LogP contribution is -2.01. The topological polar surface area (TPSA) is 55.8 Å². The molecule has 0 aliphatic carbocycles. The molecule has 0 spiro atoms. The minimum Gasteiger partial charge on any atom is -0.506 e. The zero-order valence-electron chi connectivity index (χ0n) is 11.0. The molecule has 19 heavy (non-hydrogen) atoms. The van der Waals surface area contributed by atoms with Crippen LogP contribution in [-0.4, -0.2) is 24.8 Å². The molecule has 0 saturated heterocycles. The van der Waals surface area contributed by atoms with Gasteiger partial charge in [0.2, 0.25) is 0 Å². The van der Waals surface area contributed by atoms with E-state index in [1.165, 1.54) is 19.3 Å². The predicted molar refractivity (Wildman–Crippen MR) is 76.8 cm³/mol. The number of benzene rings is 1. The second-order valence-electron chi connectivity index (χ2n) is 3.94. The van der Waals surface area contributed by atoms with Crippen molar-refractivity contribution in [3.05, 3.63) is 23.8 Å². The number of hydrogen-bond donors (Lipinski definition) is 2. The molecule has 104 valence electrons. The fourth-order valence-electron chi connectivity index (χ4n) is 1.38. The lowest BCUT2D eigenvalue weighted by molar-refractivity contribution is -0.137. The first kappa shape index (κ1) is 15.4. The standard InChI is InChI=1S/C14H18O4S/c1-3-4-7-18-13(15)6-5-10-8-11(17-2)9-12(19)14(10)16/h5-6,8-9,16,19H,3-4,7H2,1-2H3/b6-5+. The van der Waals surface area contributed by atoms with Gasteiger partial charge in [-0.1, -0.05) is 13.3 Å². The Kier molecular flexibility index (Phi) is 6.29. The number of rotatable bonds is 6. The van der Waals surface area contributed by atoms with E-state index in [1.807, 2.05) is 6.92 Å². The van der Waals surface area contributed by atoms with Gasteiger partial charge in [-0.3, -0.25) is 0 Å². The van der Waals surface area contributed by atoms with Crippen molar-refractivity contribution in [3.63, 3.8) is 0 Å². The molecule has 5 heteroatoms. The molecule has 0 atom stereocenters. The average molecular weight is 282 g/mol. The van der Waals surface area contributed by atoms with Crippen molar-refractivity contribution in [2.45, 2.75) is 24.7 Å². The van der Waals surface area contributed by atoms with Crippen molar-refractivity contribution >= 4 is 24.7 Å². The number of carbonyl (C=O) groups is 1. The lowest BCUT2D eigenvalue weighted by Gasteiger charge is -2.06. The van der Waals surface area contributed by atoms with E-state index in [-0.39, 0.29) is 5.75 Å². The SMILES string of the molecule is CCCCOC(=O)/C=C/c1cc(OC)cc(S)c1O. The Balaban J connectivity index is 2.75. The van der Waals surface area contributed by atoms with Crippen molar-refractivity contribution in [1.82, 2.24) is 0 Å². The molecule has 1 rings (SSSR count). The summed E-state index contributed by atoms with van der Waals surface area (Å²) < 4.78 is 10.0. The molecule has 0 aliphatic rings. The van der Waals surface area contributed by atoms with Gasteiger partial charge in [0.1, 0.15) is 11.5 Å². The number of esters is 1. The Morgan fingerprint density at radius 2 is 2.21 bits per heavy atom. The normalized spacial score (nSPS) is 10.7. The number of carbonyl (C=O) groups excluding carboxylic acids is 1. The van der Waals surface area contributed by atoms with E-state index >= 15 is 0 Å². The predicted octanol–water partition coefficient (Wildman–Crippen LogP) is 3.05. The van der Waals surface area contributed by atoms with E-state index in [4.69, 9.17) is 9.47 Å². The highest BCUT2D eigenvalue weighted by molar-refractivity contribution is 7.80. The van der Waals surface area contributed by atoms with Crippen molar-refractivity contribution in [2.75, 3.05) is 13.7 Å². The van der Waals surface area contributed by atoms with Crippen LogP contribution in [0, 0.1) is 0 Å². The van der Waals surface area contributed by atoms with Crippen molar-refractivity contribution in [2.24, 2.45) is 0 Å². The van der Waals surface area contributed by atoms with Gasteiger partial charge in [0.25, 0.3) is 0 Å². The molecule has 0 amide bonds. The Bertz CT molecular complexity index is 469. The fourth-order valence-corrected chi connectivity index (χ4v) is 1.64. The van der Waals surface area contributed by atoms with Crippen molar-refractivity contribution in [3.8, 4) is 11.5 Å². The minimum atomic E-state index is -0.434. The minimum absolute atomic E-state index is 0.00161. The van der Waals surface area contributed by atoms with Crippen LogP contribution in [0.15, 0.2) is 23.1 Å². The van der Waals surface area contributed by atoms with Crippen LogP contribution in [0.5, 0.6) is 11.5 Å². The molecule has 1 N–H and O–H groups in total. The second-order valence-corrected chi connectivity index (χ2v) is 4.42. The van der Waals surface area contributed by atoms with Gasteiger partial charge in [-0.15, -0.1) is 12.6 Å². The zero-order chi connectivity index (χ0) is 14.3. The fraction of sp³-hybridized carbons (Fsp3) is 0.357. The van der Waals surface area contributed by atoms with Crippen molar-refractivity contribution in [1.29, 1.82) is 0 Å². The summed E-state index contributed by atoms with van der Waals surface area (Å²) in [5.41, 5.74) is 0.455. The van der Waals surface area contributed by atoms with Gasteiger partial charge in [-0.25, -0.2) is 4.79 Å². The Morgan fingerprint density at radius 3 is 2.84 bits per heavy atom. The van der Waals surface area contributed by atoms with Gasteiger partial charge >= 0.3 is 5.97 Å². The van der Waals surface area contributed by atoms with Crippen LogP contribution in [0.2, 0.25) is 0 Å². The number of methoxy groups -OCH3 is 1. The molecule has 0 fully saturated rings. The molecule has 0 aromatic heterocycles. The lowest BCUT2D eigenvalue weighted by atomic mass is 10.1. The molecule has 0 radical (unpaired) electrons. The van der Waals surface area contributed by atoms with Crippen LogP contribution in [0.1, 0.15) is 25.3 Å². The van der Waals surface area contributed by atoms with E-state index < -0.39 is 5.97 Å². The van der Waals surface area contributed by atoms with Gasteiger partial charge in [0.15, 0.2) is 0 Å². The molecule has 0 aliphatic heterocycles. The highest BCUT2D eigenvalue weighted by Gasteiger charge is 2.06. The van der Waals surface area contributed by atoms with E-state index in [1.54, 1.807) is 12.1 Å². The van der Waals surface area contributed by atoms with E-state index in [0.717, 1.165) is 12.8 Å². The van der Waals surface area contributed by atoms with E-state index in [2.05, 4.69) is 12.6 Å². The van der Waals surface area contributed by atoms with Crippen LogP contribution in [0.4, 0.5) is 0 Å². The van der Waals surface area contributed by atoms with Crippen LogP contribution in [-0.2, 0) is 9.53 Å². The molecule has 0 heterocycles. The largest absolute Gasteiger partial charge is 0.506 e. The van der Waals surface area contributed by atoms with Gasteiger partial charge in [-0.05, 0) is 24.6 Å². The van der Waals surface area contributed by atoms with Crippen molar-refractivity contribution < 1.29 is 19.4 Å². The summed E-state index contributed by atoms with van der Waals surface area (Å²) in [6, 6.07) is 3.21. The Labute approximate surface area is 118 Å². The molecular weight excluding hydrogens is 264 g/mol. The summed E-state index contributed by atoms with van der Waals surface area (Å²) in [6.45, 7) is 2.42. The molecule has 0 bridgehead atoms. The average Bonchev–Trinajstić information content (AvgIpc) is 2.40.